The largest absolute Gasteiger partial charge is 0.395 e. The van der Waals surface area contributed by atoms with Crippen molar-refractivity contribution in [1.82, 2.24) is 4.31 Å². The first-order chi connectivity index (χ1) is 7.11. The molecule has 1 aliphatic rings. The Kier molecular flexibility index (Phi) is 4.98. The quantitative estimate of drug-likeness (QED) is 0.652. The van der Waals surface area contributed by atoms with E-state index in [4.69, 9.17) is 10.8 Å². The molecule has 0 amide bonds. The fourth-order valence-corrected chi connectivity index (χ4v) is 3.66. The molecule has 1 fully saturated rings. The lowest BCUT2D eigenvalue weighted by atomic mass is 10.2. The molecular formula is C9H20N2O3S. The molecule has 0 saturated heterocycles. The van der Waals surface area contributed by atoms with Crippen molar-refractivity contribution in [2.45, 2.75) is 31.7 Å². The lowest BCUT2D eigenvalue weighted by molar-refractivity contribution is 0.226. The molecule has 3 N–H and O–H groups in total. The number of nitrogens with zero attached hydrogens (tertiary/aromatic N) is 1. The Balaban J connectivity index is 2.71. The van der Waals surface area contributed by atoms with E-state index in [0.29, 0.717) is 0 Å². The molecule has 0 spiro atoms. The van der Waals surface area contributed by atoms with Crippen LogP contribution in [0, 0.1) is 0 Å². The molecule has 0 aromatic rings. The van der Waals surface area contributed by atoms with Crippen LogP contribution < -0.4 is 5.73 Å². The van der Waals surface area contributed by atoms with Gasteiger partial charge in [-0.05, 0) is 12.8 Å². The topological polar surface area (TPSA) is 83.6 Å². The zero-order valence-electron chi connectivity index (χ0n) is 8.93. The lowest BCUT2D eigenvalue weighted by Crippen LogP contribution is -2.43. The van der Waals surface area contributed by atoms with Crippen molar-refractivity contribution in [3.05, 3.63) is 0 Å². The van der Waals surface area contributed by atoms with E-state index < -0.39 is 10.0 Å². The molecule has 0 unspecified atom stereocenters. The van der Waals surface area contributed by atoms with Gasteiger partial charge in [-0.15, -0.1) is 0 Å². The van der Waals surface area contributed by atoms with Crippen LogP contribution in [0.3, 0.4) is 0 Å². The fraction of sp³-hybridized carbons (Fsp3) is 1.00. The van der Waals surface area contributed by atoms with Gasteiger partial charge >= 0.3 is 0 Å². The zero-order chi connectivity index (χ0) is 11.3. The number of sulfonamides is 1. The Hall–Kier alpha value is -0.170. The molecule has 0 radical (unpaired) electrons. The predicted octanol–water partition coefficient (Wildman–Crippen LogP) is -0.488. The Morgan fingerprint density at radius 2 is 1.93 bits per heavy atom. The van der Waals surface area contributed by atoms with Gasteiger partial charge < -0.3 is 10.8 Å². The second kappa shape index (κ2) is 5.79. The third-order valence-corrected chi connectivity index (χ3v) is 4.73. The van der Waals surface area contributed by atoms with Gasteiger partial charge in [0.15, 0.2) is 0 Å². The maximum atomic E-state index is 11.8. The summed E-state index contributed by atoms with van der Waals surface area (Å²) >= 11 is 0. The standard InChI is InChI=1S/C9H20N2O3S/c10-5-8-15(13,14)11(6-7-12)9-3-1-2-4-9/h9,12H,1-8,10H2. The molecule has 0 bridgehead atoms. The summed E-state index contributed by atoms with van der Waals surface area (Å²) in [4.78, 5) is 0. The average molecular weight is 236 g/mol. The molecule has 1 rings (SSSR count). The first-order valence-corrected chi connectivity index (χ1v) is 7.03. The summed E-state index contributed by atoms with van der Waals surface area (Å²) in [5.74, 6) is -0.0243. The van der Waals surface area contributed by atoms with Gasteiger partial charge in [0.05, 0.1) is 12.4 Å². The number of aliphatic hydroxyl groups is 1. The van der Waals surface area contributed by atoms with Crippen LogP contribution in [0.1, 0.15) is 25.7 Å². The summed E-state index contributed by atoms with van der Waals surface area (Å²) in [5.41, 5.74) is 5.28. The van der Waals surface area contributed by atoms with Crippen molar-refractivity contribution in [1.29, 1.82) is 0 Å². The van der Waals surface area contributed by atoms with E-state index in [-0.39, 0.29) is 31.5 Å². The molecule has 1 saturated carbocycles. The summed E-state index contributed by atoms with van der Waals surface area (Å²) < 4.78 is 25.1. The number of hydrogen-bond acceptors (Lipinski definition) is 4. The molecule has 15 heavy (non-hydrogen) atoms. The highest BCUT2D eigenvalue weighted by atomic mass is 32.2. The molecular weight excluding hydrogens is 216 g/mol. The summed E-state index contributed by atoms with van der Waals surface area (Å²) in [7, 11) is -3.27. The van der Waals surface area contributed by atoms with Crippen LogP contribution in [0.25, 0.3) is 0 Å². The molecule has 0 aromatic carbocycles. The molecule has 1 aliphatic carbocycles. The van der Waals surface area contributed by atoms with Crippen molar-refractivity contribution in [3.8, 4) is 0 Å². The van der Waals surface area contributed by atoms with Crippen molar-refractivity contribution in [2.24, 2.45) is 5.73 Å². The van der Waals surface area contributed by atoms with E-state index in [1.807, 2.05) is 0 Å². The third-order valence-electron chi connectivity index (χ3n) is 2.79. The van der Waals surface area contributed by atoms with Crippen molar-refractivity contribution in [2.75, 3.05) is 25.4 Å². The molecule has 6 heteroatoms. The summed E-state index contributed by atoms with van der Waals surface area (Å²) in [6, 6.07) is 0.0775. The van der Waals surface area contributed by atoms with Gasteiger partial charge in [-0.1, -0.05) is 12.8 Å². The molecule has 0 heterocycles. The number of hydrogen-bond donors (Lipinski definition) is 2. The minimum Gasteiger partial charge on any atom is -0.395 e. The Bertz CT molecular complexity index is 273. The van der Waals surface area contributed by atoms with Gasteiger partial charge in [-0.25, -0.2) is 8.42 Å². The Morgan fingerprint density at radius 1 is 1.33 bits per heavy atom. The minimum absolute atomic E-state index is 0.0243. The van der Waals surface area contributed by atoms with Gasteiger partial charge in [0.25, 0.3) is 0 Å². The SMILES string of the molecule is NCCS(=O)(=O)N(CCO)C1CCCC1. The predicted molar refractivity (Wildman–Crippen MR) is 58.9 cm³/mol. The molecule has 0 atom stereocenters. The second-order valence-corrected chi connectivity index (χ2v) is 5.92. The lowest BCUT2D eigenvalue weighted by Gasteiger charge is -2.27. The highest BCUT2D eigenvalue weighted by molar-refractivity contribution is 7.89. The van der Waals surface area contributed by atoms with Crippen molar-refractivity contribution in [3.63, 3.8) is 0 Å². The van der Waals surface area contributed by atoms with E-state index in [1.54, 1.807) is 0 Å². The minimum atomic E-state index is -3.27. The van der Waals surface area contributed by atoms with Crippen LogP contribution in [-0.4, -0.2) is 49.3 Å². The summed E-state index contributed by atoms with van der Waals surface area (Å²) in [6.45, 7) is 0.213. The van der Waals surface area contributed by atoms with Crippen LogP contribution in [0.2, 0.25) is 0 Å². The van der Waals surface area contributed by atoms with E-state index in [2.05, 4.69) is 0 Å². The fourth-order valence-electron chi connectivity index (χ4n) is 2.11. The van der Waals surface area contributed by atoms with Gasteiger partial charge in [-0.3, -0.25) is 0 Å². The molecule has 0 aliphatic heterocycles. The van der Waals surface area contributed by atoms with Crippen molar-refractivity contribution >= 4 is 10.0 Å². The smallest absolute Gasteiger partial charge is 0.215 e. The highest BCUT2D eigenvalue weighted by Gasteiger charge is 2.30. The monoisotopic (exact) mass is 236 g/mol. The van der Waals surface area contributed by atoms with Gasteiger partial charge in [0, 0.05) is 19.1 Å². The first-order valence-electron chi connectivity index (χ1n) is 5.42. The average Bonchev–Trinajstić information content (AvgIpc) is 2.66. The Labute approximate surface area is 91.3 Å². The van der Waals surface area contributed by atoms with Crippen LogP contribution in [0.5, 0.6) is 0 Å². The number of rotatable bonds is 6. The maximum absolute atomic E-state index is 11.8. The number of aliphatic hydroxyl groups excluding tert-OH is 1. The van der Waals surface area contributed by atoms with Gasteiger partial charge in [-0.2, -0.15) is 4.31 Å². The van der Waals surface area contributed by atoms with Crippen LogP contribution in [-0.2, 0) is 10.0 Å². The third kappa shape index (κ3) is 3.41. The summed E-state index contributed by atoms with van der Waals surface area (Å²) in [5, 5.41) is 8.89. The van der Waals surface area contributed by atoms with Crippen LogP contribution >= 0.6 is 0 Å². The van der Waals surface area contributed by atoms with E-state index in [1.165, 1.54) is 4.31 Å². The van der Waals surface area contributed by atoms with Gasteiger partial charge in [0.2, 0.25) is 10.0 Å². The van der Waals surface area contributed by atoms with E-state index in [0.717, 1.165) is 25.7 Å². The number of nitrogens with two attached hydrogens (primary N) is 1. The van der Waals surface area contributed by atoms with Gasteiger partial charge in [0.1, 0.15) is 0 Å². The van der Waals surface area contributed by atoms with E-state index >= 15 is 0 Å². The zero-order valence-corrected chi connectivity index (χ0v) is 9.75. The summed E-state index contributed by atoms with van der Waals surface area (Å²) in [6.07, 6.45) is 3.96. The van der Waals surface area contributed by atoms with Crippen LogP contribution in [0.15, 0.2) is 0 Å². The van der Waals surface area contributed by atoms with Crippen LogP contribution in [0.4, 0.5) is 0 Å². The first kappa shape index (κ1) is 12.9. The second-order valence-electron chi connectivity index (χ2n) is 3.88. The Morgan fingerprint density at radius 3 is 2.40 bits per heavy atom. The molecule has 90 valence electrons. The normalized spacial score (nSPS) is 18.9. The van der Waals surface area contributed by atoms with E-state index in [9.17, 15) is 8.42 Å². The van der Waals surface area contributed by atoms with Crippen molar-refractivity contribution < 1.29 is 13.5 Å². The maximum Gasteiger partial charge on any atom is 0.215 e. The molecule has 5 nitrogen and oxygen atoms in total. The molecule has 0 aromatic heterocycles. The highest BCUT2D eigenvalue weighted by Crippen LogP contribution is 2.25.